The number of carboxylic acids is 1. The van der Waals surface area contributed by atoms with Crippen molar-refractivity contribution in [3.05, 3.63) is 65.2 Å². The van der Waals surface area contributed by atoms with Gasteiger partial charge < -0.3 is 9.84 Å². The van der Waals surface area contributed by atoms with Crippen LogP contribution < -0.4 is 4.74 Å². The number of carboxylic acid groups (broad SMARTS) is 1. The smallest absolute Gasteiger partial charge is 0.307 e. The van der Waals surface area contributed by atoms with Crippen molar-refractivity contribution in [1.82, 2.24) is 0 Å². The Morgan fingerprint density at radius 3 is 2.53 bits per heavy atom. The van der Waals surface area contributed by atoms with Gasteiger partial charge in [-0.15, -0.1) is 0 Å². The van der Waals surface area contributed by atoms with Gasteiger partial charge in [0, 0.05) is 0 Å². The van der Waals surface area contributed by atoms with Crippen molar-refractivity contribution in [1.29, 1.82) is 0 Å². The van der Waals surface area contributed by atoms with Crippen LogP contribution >= 0.6 is 0 Å². The second-order valence-corrected chi connectivity index (χ2v) is 4.43. The van der Waals surface area contributed by atoms with Crippen molar-refractivity contribution >= 4 is 5.97 Å². The van der Waals surface area contributed by atoms with E-state index in [0.717, 1.165) is 22.4 Å². The standard InChI is InChI=1S/C16H16O3/c1-12-9-15(8-7-14(12)10-16(17)18)19-11-13-5-3-2-4-6-13/h2-9H,10-11H2,1H3,(H,17,18). The van der Waals surface area contributed by atoms with Gasteiger partial charge in [-0.25, -0.2) is 0 Å². The van der Waals surface area contributed by atoms with Crippen molar-refractivity contribution in [2.45, 2.75) is 20.0 Å². The summed E-state index contributed by atoms with van der Waals surface area (Å²) in [6, 6.07) is 15.4. The van der Waals surface area contributed by atoms with Gasteiger partial charge in [-0.3, -0.25) is 4.79 Å². The molecule has 2 rings (SSSR count). The van der Waals surface area contributed by atoms with Gasteiger partial charge in [0.15, 0.2) is 0 Å². The predicted octanol–water partition coefficient (Wildman–Crippen LogP) is 3.20. The number of hydrogen-bond donors (Lipinski definition) is 1. The highest BCUT2D eigenvalue weighted by Crippen LogP contribution is 2.19. The van der Waals surface area contributed by atoms with E-state index in [0.29, 0.717) is 6.61 Å². The summed E-state index contributed by atoms with van der Waals surface area (Å²) < 4.78 is 5.69. The molecule has 0 aliphatic carbocycles. The van der Waals surface area contributed by atoms with E-state index in [2.05, 4.69) is 0 Å². The highest BCUT2D eigenvalue weighted by molar-refractivity contribution is 5.70. The van der Waals surface area contributed by atoms with Crippen LogP contribution in [0.1, 0.15) is 16.7 Å². The molecule has 0 heterocycles. The van der Waals surface area contributed by atoms with Crippen molar-refractivity contribution < 1.29 is 14.6 Å². The first-order chi connectivity index (χ1) is 9.15. The van der Waals surface area contributed by atoms with Gasteiger partial charge in [0.1, 0.15) is 12.4 Å². The van der Waals surface area contributed by atoms with Gasteiger partial charge in [0.2, 0.25) is 0 Å². The lowest BCUT2D eigenvalue weighted by Gasteiger charge is -2.09. The van der Waals surface area contributed by atoms with Crippen LogP contribution in [0.4, 0.5) is 0 Å². The van der Waals surface area contributed by atoms with Crippen molar-refractivity contribution in [3.63, 3.8) is 0 Å². The summed E-state index contributed by atoms with van der Waals surface area (Å²) in [6.45, 7) is 2.41. The molecule has 19 heavy (non-hydrogen) atoms. The molecular weight excluding hydrogens is 240 g/mol. The van der Waals surface area contributed by atoms with E-state index in [4.69, 9.17) is 9.84 Å². The van der Waals surface area contributed by atoms with E-state index in [9.17, 15) is 4.79 Å². The lowest BCUT2D eigenvalue weighted by molar-refractivity contribution is -0.136. The quantitative estimate of drug-likeness (QED) is 0.893. The zero-order chi connectivity index (χ0) is 13.7. The van der Waals surface area contributed by atoms with Crippen LogP contribution in [0.5, 0.6) is 5.75 Å². The van der Waals surface area contributed by atoms with Gasteiger partial charge >= 0.3 is 5.97 Å². The molecular formula is C16H16O3. The molecule has 0 amide bonds. The summed E-state index contributed by atoms with van der Waals surface area (Å²) in [4.78, 5) is 10.7. The Bertz CT molecular complexity index is 561. The first-order valence-electron chi connectivity index (χ1n) is 6.13. The fourth-order valence-electron chi connectivity index (χ4n) is 1.86. The number of aliphatic carboxylic acids is 1. The first kappa shape index (κ1) is 13.1. The number of carbonyl (C=O) groups is 1. The van der Waals surface area contributed by atoms with Crippen molar-refractivity contribution in [2.75, 3.05) is 0 Å². The molecule has 0 saturated carbocycles. The molecule has 0 fully saturated rings. The minimum atomic E-state index is -0.818. The zero-order valence-corrected chi connectivity index (χ0v) is 10.8. The van der Waals surface area contributed by atoms with E-state index in [-0.39, 0.29) is 6.42 Å². The second-order valence-electron chi connectivity index (χ2n) is 4.43. The molecule has 0 radical (unpaired) electrons. The summed E-state index contributed by atoms with van der Waals surface area (Å²) in [5.74, 6) is -0.0588. The summed E-state index contributed by atoms with van der Waals surface area (Å²) in [5, 5.41) is 8.78. The molecule has 1 N–H and O–H groups in total. The van der Waals surface area contributed by atoms with E-state index in [1.54, 1.807) is 0 Å². The SMILES string of the molecule is Cc1cc(OCc2ccccc2)ccc1CC(=O)O. The third-order valence-corrected chi connectivity index (χ3v) is 2.90. The monoisotopic (exact) mass is 256 g/mol. The summed E-state index contributed by atoms with van der Waals surface area (Å²) >= 11 is 0. The summed E-state index contributed by atoms with van der Waals surface area (Å²) in [6.07, 6.45) is 0.0464. The maximum Gasteiger partial charge on any atom is 0.307 e. The highest BCUT2D eigenvalue weighted by Gasteiger charge is 2.05. The van der Waals surface area contributed by atoms with Crippen molar-refractivity contribution in [2.24, 2.45) is 0 Å². The largest absolute Gasteiger partial charge is 0.489 e. The molecule has 3 nitrogen and oxygen atoms in total. The third kappa shape index (κ3) is 3.85. The Labute approximate surface area is 112 Å². The molecule has 0 atom stereocenters. The number of rotatable bonds is 5. The zero-order valence-electron chi connectivity index (χ0n) is 10.8. The molecule has 98 valence electrons. The van der Waals surface area contributed by atoms with Crippen LogP contribution in [0.3, 0.4) is 0 Å². The van der Waals surface area contributed by atoms with Gasteiger partial charge in [-0.2, -0.15) is 0 Å². The molecule has 2 aromatic rings. The normalized spacial score (nSPS) is 10.2. The lowest BCUT2D eigenvalue weighted by atomic mass is 10.1. The Morgan fingerprint density at radius 1 is 1.16 bits per heavy atom. The van der Waals surface area contributed by atoms with Gasteiger partial charge in [-0.1, -0.05) is 36.4 Å². The van der Waals surface area contributed by atoms with Crippen LogP contribution in [-0.2, 0) is 17.8 Å². The topological polar surface area (TPSA) is 46.5 Å². The molecule has 0 saturated heterocycles. The van der Waals surface area contributed by atoms with Crippen LogP contribution in [0, 0.1) is 6.92 Å². The number of benzene rings is 2. The third-order valence-electron chi connectivity index (χ3n) is 2.90. The molecule has 0 bridgehead atoms. The maximum absolute atomic E-state index is 10.7. The molecule has 0 aromatic heterocycles. The molecule has 2 aromatic carbocycles. The Morgan fingerprint density at radius 2 is 1.89 bits per heavy atom. The van der Waals surface area contributed by atoms with Crippen LogP contribution in [-0.4, -0.2) is 11.1 Å². The van der Waals surface area contributed by atoms with Crippen LogP contribution in [0.25, 0.3) is 0 Å². The van der Waals surface area contributed by atoms with E-state index >= 15 is 0 Å². The fourth-order valence-corrected chi connectivity index (χ4v) is 1.86. The number of ether oxygens (including phenoxy) is 1. The van der Waals surface area contributed by atoms with Crippen LogP contribution in [0.15, 0.2) is 48.5 Å². The van der Waals surface area contributed by atoms with Crippen molar-refractivity contribution in [3.8, 4) is 5.75 Å². The minimum Gasteiger partial charge on any atom is -0.489 e. The highest BCUT2D eigenvalue weighted by atomic mass is 16.5. The maximum atomic E-state index is 10.7. The first-order valence-corrected chi connectivity index (χ1v) is 6.13. The average Bonchev–Trinajstić information content (AvgIpc) is 2.40. The molecule has 0 aliphatic rings. The number of hydrogen-bond acceptors (Lipinski definition) is 2. The average molecular weight is 256 g/mol. The Balaban J connectivity index is 2.02. The molecule has 0 unspecified atom stereocenters. The van der Waals surface area contributed by atoms with Gasteiger partial charge in [-0.05, 0) is 35.7 Å². The second kappa shape index (κ2) is 6.05. The van der Waals surface area contributed by atoms with Crippen LogP contribution in [0.2, 0.25) is 0 Å². The summed E-state index contributed by atoms with van der Waals surface area (Å²) in [7, 11) is 0. The lowest BCUT2D eigenvalue weighted by Crippen LogP contribution is -2.02. The minimum absolute atomic E-state index is 0.0464. The molecule has 0 spiro atoms. The summed E-state index contributed by atoms with van der Waals surface area (Å²) in [5.41, 5.74) is 2.86. The fraction of sp³-hybridized carbons (Fsp3) is 0.188. The number of aryl methyl sites for hydroxylation is 1. The Hall–Kier alpha value is -2.29. The van der Waals surface area contributed by atoms with Gasteiger partial charge in [0.05, 0.1) is 6.42 Å². The predicted molar refractivity (Wildman–Crippen MR) is 73.3 cm³/mol. The van der Waals surface area contributed by atoms with E-state index < -0.39 is 5.97 Å². The molecule has 0 aliphatic heterocycles. The van der Waals surface area contributed by atoms with Gasteiger partial charge in [0.25, 0.3) is 0 Å². The Kier molecular flexibility index (Phi) is 4.18. The molecule has 3 heteroatoms. The van der Waals surface area contributed by atoms with E-state index in [1.165, 1.54) is 0 Å². The van der Waals surface area contributed by atoms with E-state index in [1.807, 2.05) is 55.5 Å².